The van der Waals surface area contributed by atoms with Crippen LogP contribution in [0.1, 0.15) is 51.3 Å². The highest BCUT2D eigenvalue weighted by Gasteiger charge is 2.24. The number of hydrogen-bond donors (Lipinski definition) is 3. The number of ether oxygens (including phenoxy) is 1. The molecule has 0 bridgehead atoms. The second-order valence-electron chi connectivity index (χ2n) is 6.91. The third kappa shape index (κ3) is 4.12. The number of aryl methyl sites for hydroxylation is 1. The number of carbonyl (C=O) groups excluding carboxylic acids is 1. The number of hydrogen-bond acceptors (Lipinski definition) is 3. The minimum atomic E-state index is 0.0469. The summed E-state index contributed by atoms with van der Waals surface area (Å²) in [6, 6.07) is 8.05. The Morgan fingerprint density at radius 1 is 1.32 bits per heavy atom. The number of amides is 1. The summed E-state index contributed by atoms with van der Waals surface area (Å²) in [5.74, 6) is 0.0469. The number of aromatic nitrogens is 3. The second-order valence-corrected chi connectivity index (χ2v) is 6.91. The van der Waals surface area contributed by atoms with E-state index in [0.29, 0.717) is 6.42 Å². The van der Waals surface area contributed by atoms with E-state index in [2.05, 4.69) is 26.6 Å². The van der Waals surface area contributed by atoms with Gasteiger partial charge in [-0.25, -0.2) is 0 Å². The first-order valence-corrected chi connectivity index (χ1v) is 10.2. The van der Waals surface area contributed by atoms with Crippen molar-refractivity contribution in [1.29, 1.82) is 0 Å². The number of nitrogens with zero attached hydrogens (tertiary/aromatic N) is 1. The van der Waals surface area contributed by atoms with E-state index in [1.165, 1.54) is 11.3 Å². The molecule has 1 amide bonds. The topological polar surface area (TPSA) is 82.8 Å². The molecule has 4 rings (SSSR count). The maximum Gasteiger partial charge on any atom is 0.224 e. The molecule has 3 N–H and O–H groups in total. The van der Waals surface area contributed by atoms with E-state index in [1.807, 2.05) is 39.0 Å². The van der Waals surface area contributed by atoms with Crippen LogP contribution >= 0.6 is 0 Å². The number of H-pyrrole nitrogens is 2. The molecule has 2 aromatic heterocycles. The van der Waals surface area contributed by atoms with Crippen molar-refractivity contribution in [2.45, 2.75) is 59.0 Å². The first-order valence-electron chi connectivity index (χ1n) is 10.2. The van der Waals surface area contributed by atoms with Crippen LogP contribution < -0.4 is 5.32 Å². The van der Waals surface area contributed by atoms with Crippen LogP contribution in [0.2, 0.25) is 0 Å². The molecule has 28 heavy (non-hydrogen) atoms. The summed E-state index contributed by atoms with van der Waals surface area (Å²) in [5.41, 5.74) is 6.21. The number of benzene rings is 1. The van der Waals surface area contributed by atoms with Gasteiger partial charge in [-0.2, -0.15) is 5.10 Å². The predicted octanol–water partition coefficient (Wildman–Crippen LogP) is 4.83. The molecule has 1 aliphatic rings. The molecule has 6 nitrogen and oxygen atoms in total. The summed E-state index contributed by atoms with van der Waals surface area (Å²) in [6.07, 6.45) is 4.50. The van der Waals surface area contributed by atoms with Crippen LogP contribution in [0.5, 0.6) is 0 Å². The number of rotatable bonds is 5. The van der Waals surface area contributed by atoms with Gasteiger partial charge in [0.05, 0.1) is 11.8 Å². The largest absolute Gasteiger partial charge is 0.381 e. The molecule has 1 aromatic carbocycles. The van der Waals surface area contributed by atoms with Crippen LogP contribution in [0, 0.1) is 0 Å². The van der Waals surface area contributed by atoms with E-state index in [-0.39, 0.29) is 12.0 Å². The lowest BCUT2D eigenvalue weighted by molar-refractivity contribution is -0.116. The van der Waals surface area contributed by atoms with Gasteiger partial charge in [-0.3, -0.25) is 9.89 Å². The van der Waals surface area contributed by atoms with E-state index in [0.717, 1.165) is 53.7 Å². The SMILES string of the molecule is CC.CCCC(=O)Nc1ccc2cc(-c3n[nH]c4c3CC(OC)CC4)[nH]c2c1. The van der Waals surface area contributed by atoms with Gasteiger partial charge in [0.1, 0.15) is 5.69 Å². The third-order valence-corrected chi connectivity index (χ3v) is 5.07. The highest BCUT2D eigenvalue weighted by molar-refractivity contribution is 5.94. The van der Waals surface area contributed by atoms with Gasteiger partial charge in [0.2, 0.25) is 5.91 Å². The fraction of sp³-hybridized carbons (Fsp3) is 0.455. The average Bonchev–Trinajstić information content (AvgIpc) is 3.32. The Hall–Kier alpha value is -2.60. The molecule has 3 aromatic rings. The quantitative estimate of drug-likeness (QED) is 0.591. The van der Waals surface area contributed by atoms with E-state index < -0.39 is 0 Å². The first-order chi connectivity index (χ1) is 13.7. The zero-order valence-electron chi connectivity index (χ0n) is 17.2. The van der Waals surface area contributed by atoms with Crippen LogP contribution in [0.25, 0.3) is 22.3 Å². The summed E-state index contributed by atoms with van der Waals surface area (Å²) in [7, 11) is 1.77. The molecule has 0 saturated carbocycles. The molecular formula is C22H30N4O2. The van der Waals surface area contributed by atoms with Crippen molar-refractivity contribution in [1.82, 2.24) is 15.2 Å². The Morgan fingerprint density at radius 3 is 2.89 bits per heavy atom. The Bertz CT molecular complexity index is 941. The van der Waals surface area contributed by atoms with Crippen LogP contribution in [0.4, 0.5) is 5.69 Å². The van der Waals surface area contributed by atoms with Crippen LogP contribution in [0.3, 0.4) is 0 Å². The minimum Gasteiger partial charge on any atom is -0.381 e. The lowest BCUT2D eigenvalue weighted by Gasteiger charge is -2.20. The Kier molecular flexibility index (Phi) is 6.52. The van der Waals surface area contributed by atoms with Crippen molar-refractivity contribution in [2.75, 3.05) is 12.4 Å². The van der Waals surface area contributed by atoms with E-state index in [1.54, 1.807) is 7.11 Å². The number of fused-ring (bicyclic) bond motifs is 2. The van der Waals surface area contributed by atoms with Crippen LogP contribution in [-0.2, 0) is 22.4 Å². The number of nitrogens with one attached hydrogen (secondary N) is 3. The summed E-state index contributed by atoms with van der Waals surface area (Å²) < 4.78 is 5.55. The van der Waals surface area contributed by atoms with Gasteiger partial charge in [0, 0.05) is 47.8 Å². The monoisotopic (exact) mass is 382 g/mol. The fourth-order valence-electron chi connectivity index (χ4n) is 3.67. The van der Waals surface area contributed by atoms with Gasteiger partial charge in [0.25, 0.3) is 0 Å². The van der Waals surface area contributed by atoms with Crippen molar-refractivity contribution in [2.24, 2.45) is 0 Å². The van der Waals surface area contributed by atoms with E-state index in [9.17, 15) is 4.79 Å². The van der Waals surface area contributed by atoms with Gasteiger partial charge in [-0.1, -0.05) is 26.8 Å². The summed E-state index contributed by atoms with van der Waals surface area (Å²) >= 11 is 0. The van der Waals surface area contributed by atoms with Gasteiger partial charge in [-0.05, 0) is 37.5 Å². The molecule has 150 valence electrons. The number of anilines is 1. The van der Waals surface area contributed by atoms with Crippen molar-refractivity contribution >= 4 is 22.5 Å². The van der Waals surface area contributed by atoms with Crippen molar-refractivity contribution in [3.8, 4) is 11.4 Å². The normalized spacial score (nSPS) is 15.6. The molecule has 1 atom stereocenters. The maximum absolute atomic E-state index is 11.8. The molecule has 0 saturated heterocycles. The Labute approximate surface area is 166 Å². The molecule has 0 fully saturated rings. The average molecular weight is 383 g/mol. The molecule has 0 radical (unpaired) electrons. The standard InChI is InChI=1S/C20H24N4O2.C2H6/c1-3-4-19(25)21-13-6-5-12-9-18(22-17(12)10-13)20-15-11-14(26-2)7-8-16(15)23-24-20;1-2/h5-6,9-10,14,22H,3-4,7-8,11H2,1-2H3,(H,21,25)(H,23,24);1-2H3. The Balaban J connectivity index is 0.00000109. The molecule has 0 spiro atoms. The summed E-state index contributed by atoms with van der Waals surface area (Å²) in [4.78, 5) is 15.3. The van der Waals surface area contributed by atoms with Crippen molar-refractivity contribution in [3.05, 3.63) is 35.5 Å². The lowest BCUT2D eigenvalue weighted by atomic mass is 9.92. The molecule has 1 aliphatic carbocycles. The smallest absolute Gasteiger partial charge is 0.224 e. The van der Waals surface area contributed by atoms with Gasteiger partial charge < -0.3 is 15.0 Å². The molecule has 2 heterocycles. The number of aromatic amines is 2. The second kappa shape index (κ2) is 9.06. The van der Waals surface area contributed by atoms with E-state index in [4.69, 9.17) is 4.74 Å². The molecule has 0 aliphatic heterocycles. The zero-order chi connectivity index (χ0) is 20.1. The molecule has 6 heteroatoms. The maximum atomic E-state index is 11.8. The van der Waals surface area contributed by atoms with Crippen LogP contribution in [-0.4, -0.2) is 34.3 Å². The fourth-order valence-corrected chi connectivity index (χ4v) is 3.67. The minimum absolute atomic E-state index is 0.0469. The third-order valence-electron chi connectivity index (χ3n) is 5.07. The lowest BCUT2D eigenvalue weighted by Crippen LogP contribution is -2.20. The van der Waals surface area contributed by atoms with E-state index >= 15 is 0 Å². The first kappa shape index (κ1) is 20.1. The van der Waals surface area contributed by atoms with Gasteiger partial charge in [-0.15, -0.1) is 0 Å². The van der Waals surface area contributed by atoms with Crippen LogP contribution in [0.15, 0.2) is 24.3 Å². The highest BCUT2D eigenvalue weighted by atomic mass is 16.5. The summed E-state index contributed by atoms with van der Waals surface area (Å²) in [6.45, 7) is 6.00. The predicted molar refractivity (Wildman–Crippen MR) is 114 cm³/mol. The highest BCUT2D eigenvalue weighted by Crippen LogP contribution is 2.32. The molecular weight excluding hydrogens is 352 g/mol. The number of methoxy groups -OCH3 is 1. The van der Waals surface area contributed by atoms with Crippen molar-refractivity contribution < 1.29 is 9.53 Å². The zero-order valence-corrected chi connectivity index (χ0v) is 17.2. The van der Waals surface area contributed by atoms with Gasteiger partial charge in [0.15, 0.2) is 0 Å². The summed E-state index contributed by atoms with van der Waals surface area (Å²) in [5, 5.41) is 11.8. The Morgan fingerprint density at radius 2 is 2.14 bits per heavy atom. The van der Waals surface area contributed by atoms with Crippen molar-refractivity contribution in [3.63, 3.8) is 0 Å². The van der Waals surface area contributed by atoms with Gasteiger partial charge >= 0.3 is 0 Å². The number of carbonyl (C=O) groups is 1. The molecule has 1 unspecified atom stereocenters.